The zero-order valence-electron chi connectivity index (χ0n) is 10.1. The van der Waals surface area contributed by atoms with E-state index in [2.05, 4.69) is 5.32 Å². The molecule has 5 heteroatoms. The van der Waals surface area contributed by atoms with Crippen LogP contribution in [-0.2, 0) is 4.79 Å². The van der Waals surface area contributed by atoms with E-state index >= 15 is 0 Å². The summed E-state index contributed by atoms with van der Waals surface area (Å²) in [5.41, 5.74) is 0.597. The van der Waals surface area contributed by atoms with E-state index in [0.29, 0.717) is 23.6 Å². The number of ether oxygens (including phenoxy) is 2. The van der Waals surface area contributed by atoms with Crippen molar-refractivity contribution in [1.82, 2.24) is 5.32 Å². The summed E-state index contributed by atoms with van der Waals surface area (Å²) >= 11 is 6.10. The highest BCUT2D eigenvalue weighted by molar-refractivity contribution is 6.31. The number of rotatable bonds is 5. The molecular weight excluding hydrogens is 242 g/mol. The number of halogens is 1. The molecule has 0 saturated carbocycles. The highest BCUT2D eigenvalue weighted by Gasteiger charge is 2.22. The minimum Gasteiger partial charge on any atom is -0.493 e. The van der Waals surface area contributed by atoms with E-state index < -0.39 is 5.38 Å². The van der Waals surface area contributed by atoms with E-state index in [4.69, 9.17) is 21.1 Å². The van der Waals surface area contributed by atoms with Gasteiger partial charge in [0.15, 0.2) is 11.5 Å². The largest absolute Gasteiger partial charge is 0.493 e. The van der Waals surface area contributed by atoms with Crippen LogP contribution >= 0.6 is 11.6 Å². The summed E-state index contributed by atoms with van der Waals surface area (Å²) in [5, 5.41) is 1.87. The third-order valence-electron chi connectivity index (χ3n) is 2.29. The fourth-order valence-electron chi connectivity index (χ4n) is 1.52. The average Bonchev–Trinajstić information content (AvgIpc) is 2.36. The number of amides is 1. The molecule has 0 aliphatic carbocycles. The number of methoxy groups -OCH3 is 2. The molecule has 0 aliphatic rings. The molecule has 17 heavy (non-hydrogen) atoms. The molecule has 0 bridgehead atoms. The Morgan fingerprint density at radius 2 is 2.12 bits per heavy atom. The van der Waals surface area contributed by atoms with Crippen molar-refractivity contribution >= 4 is 17.5 Å². The second-order valence-corrected chi connectivity index (χ2v) is 3.78. The Labute approximate surface area is 106 Å². The molecule has 0 aliphatic heterocycles. The summed E-state index contributed by atoms with van der Waals surface area (Å²) < 4.78 is 10.4. The summed E-state index contributed by atoms with van der Waals surface area (Å²) in [6, 6.07) is 5.27. The highest BCUT2D eigenvalue weighted by atomic mass is 35.5. The molecule has 0 spiro atoms. The molecule has 0 heterocycles. The average molecular weight is 258 g/mol. The van der Waals surface area contributed by atoms with Gasteiger partial charge in [-0.3, -0.25) is 4.79 Å². The zero-order chi connectivity index (χ0) is 12.8. The first-order chi connectivity index (χ1) is 8.15. The lowest BCUT2D eigenvalue weighted by molar-refractivity contribution is -0.120. The van der Waals surface area contributed by atoms with Crippen molar-refractivity contribution in [1.29, 1.82) is 0 Å². The van der Waals surface area contributed by atoms with Gasteiger partial charge in [0.1, 0.15) is 5.38 Å². The lowest BCUT2D eigenvalue weighted by atomic mass is 10.1. The lowest BCUT2D eigenvalue weighted by Gasteiger charge is -2.15. The van der Waals surface area contributed by atoms with Gasteiger partial charge in [-0.15, -0.1) is 11.6 Å². The highest BCUT2D eigenvalue weighted by Crippen LogP contribution is 2.37. The van der Waals surface area contributed by atoms with Crippen LogP contribution in [0.3, 0.4) is 0 Å². The van der Waals surface area contributed by atoms with Gasteiger partial charge < -0.3 is 14.8 Å². The number of hydrogen-bond donors (Lipinski definition) is 1. The van der Waals surface area contributed by atoms with E-state index in [1.807, 2.05) is 6.92 Å². The molecule has 1 aromatic carbocycles. The van der Waals surface area contributed by atoms with E-state index in [0.717, 1.165) is 0 Å². The number of hydrogen-bond acceptors (Lipinski definition) is 3. The van der Waals surface area contributed by atoms with E-state index in [9.17, 15) is 4.79 Å². The number of carbonyl (C=O) groups is 1. The topological polar surface area (TPSA) is 47.6 Å². The Balaban J connectivity index is 3.08. The maximum atomic E-state index is 11.7. The van der Waals surface area contributed by atoms with E-state index in [1.165, 1.54) is 14.2 Å². The third kappa shape index (κ3) is 3.03. The van der Waals surface area contributed by atoms with Crippen molar-refractivity contribution in [3.05, 3.63) is 23.8 Å². The molecule has 1 amide bonds. The van der Waals surface area contributed by atoms with Crippen LogP contribution in [0.15, 0.2) is 18.2 Å². The monoisotopic (exact) mass is 257 g/mol. The normalized spacial score (nSPS) is 11.8. The Kier molecular flexibility index (Phi) is 5.10. The van der Waals surface area contributed by atoms with Crippen LogP contribution in [0, 0.1) is 0 Å². The maximum absolute atomic E-state index is 11.7. The minimum absolute atomic E-state index is 0.249. The molecular formula is C12H16ClNO3. The third-order valence-corrected chi connectivity index (χ3v) is 2.72. The van der Waals surface area contributed by atoms with Crippen LogP contribution in [0.25, 0.3) is 0 Å². The molecule has 0 radical (unpaired) electrons. The van der Waals surface area contributed by atoms with Gasteiger partial charge in [-0.1, -0.05) is 12.1 Å². The van der Waals surface area contributed by atoms with Gasteiger partial charge in [-0.25, -0.2) is 0 Å². The molecule has 4 nitrogen and oxygen atoms in total. The maximum Gasteiger partial charge on any atom is 0.242 e. The first-order valence-electron chi connectivity index (χ1n) is 5.28. The van der Waals surface area contributed by atoms with Crippen molar-refractivity contribution in [3.63, 3.8) is 0 Å². The SMILES string of the molecule is CCNC(=O)C(Cl)c1cccc(OC)c1OC. The molecule has 1 atom stereocenters. The van der Waals surface area contributed by atoms with Crippen LogP contribution in [0.4, 0.5) is 0 Å². The molecule has 1 N–H and O–H groups in total. The quantitative estimate of drug-likeness (QED) is 0.822. The molecule has 1 rings (SSSR count). The van der Waals surface area contributed by atoms with E-state index in [-0.39, 0.29) is 5.91 Å². The summed E-state index contributed by atoms with van der Waals surface area (Å²) in [5.74, 6) is 0.793. The lowest BCUT2D eigenvalue weighted by Crippen LogP contribution is -2.26. The second kappa shape index (κ2) is 6.35. The van der Waals surface area contributed by atoms with Gasteiger partial charge in [0, 0.05) is 12.1 Å². The van der Waals surface area contributed by atoms with E-state index in [1.54, 1.807) is 18.2 Å². The van der Waals surface area contributed by atoms with Crippen LogP contribution < -0.4 is 14.8 Å². The fourth-order valence-corrected chi connectivity index (χ4v) is 1.77. The van der Waals surface area contributed by atoms with Gasteiger partial charge in [-0.05, 0) is 13.0 Å². The number of para-hydroxylation sites is 1. The molecule has 94 valence electrons. The van der Waals surface area contributed by atoms with Gasteiger partial charge in [0.05, 0.1) is 14.2 Å². The summed E-state index contributed by atoms with van der Waals surface area (Å²) in [6.07, 6.45) is 0. The Hall–Kier alpha value is -1.42. The number of likely N-dealkylation sites (N-methyl/N-ethyl adjacent to an activating group) is 1. The van der Waals surface area contributed by atoms with Crippen LogP contribution in [-0.4, -0.2) is 26.7 Å². The summed E-state index contributed by atoms with van der Waals surface area (Å²) in [4.78, 5) is 11.7. The predicted octanol–water partition coefficient (Wildman–Crippen LogP) is 2.12. The molecule has 0 aromatic heterocycles. The molecule has 1 aromatic rings. The number of alkyl halides is 1. The van der Waals surface area contributed by atoms with Crippen LogP contribution in [0.5, 0.6) is 11.5 Å². The first kappa shape index (κ1) is 13.6. The van der Waals surface area contributed by atoms with Gasteiger partial charge >= 0.3 is 0 Å². The molecule has 0 saturated heterocycles. The van der Waals surface area contributed by atoms with Gasteiger partial charge in [0.25, 0.3) is 0 Å². The number of benzene rings is 1. The first-order valence-corrected chi connectivity index (χ1v) is 5.72. The van der Waals surface area contributed by atoms with Crippen molar-refractivity contribution in [2.75, 3.05) is 20.8 Å². The summed E-state index contributed by atoms with van der Waals surface area (Å²) in [7, 11) is 3.06. The molecule has 0 fully saturated rings. The summed E-state index contributed by atoms with van der Waals surface area (Å²) in [6.45, 7) is 2.37. The number of nitrogens with one attached hydrogen (secondary N) is 1. The number of carbonyl (C=O) groups excluding carboxylic acids is 1. The smallest absolute Gasteiger partial charge is 0.242 e. The minimum atomic E-state index is -0.792. The Morgan fingerprint density at radius 1 is 1.41 bits per heavy atom. The standard InChI is InChI=1S/C12H16ClNO3/c1-4-14-12(15)10(13)8-6-5-7-9(16-2)11(8)17-3/h5-7,10H,4H2,1-3H3,(H,14,15). The van der Waals surface area contributed by atoms with Crippen LogP contribution in [0.1, 0.15) is 17.9 Å². The Morgan fingerprint density at radius 3 is 2.65 bits per heavy atom. The van der Waals surface area contributed by atoms with Gasteiger partial charge in [-0.2, -0.15) is 0 Å². The van der Waals surface area contributed by atoms with Crippen molar-refractivity contribution in [2.24, 2.45) is 0 Å². The van der Waals surface area contributed by atoms with Crippen LogP contribution in [0.2, 0.25) is 0 Å². The van der Waals surface area contributed by atoms with Crippen molar-refractivity contribution in [2.45, 2.75) is 12.3 Å². The fraction of sp³-hybridized carbons (Fsp3) is 0.417. The second-order valence-electron chi connectivity index (χ2n) is 3.34. The zero-order valence-corrected chi connectivity index (χ0v) is 10.9. The predicted molar refractivity (Wildman–Crippen MR) is 66.8 cm³/mol. The Bertz CT molecular complexity index is 395. The van der Waals surface area contributed by atoms with Crippen molar-refractivity contribution in [3.8, 4) is 11.5 Å². The van der Waals surface area contributed by atoms with Gasteiger partial charge in [0.2, 0.25) is 5.91 Å². The molecule has 1 unspecified atom stereocenters. The van der Waals surface area contributed by atoms with Crippen molar-refractivity contribution < 1.29 is 14.3 Å².